The Bertz CT molecular complexity index is 594. The molecule has 3 heteroatoms. The lowest BCUT2D eigenvalue weighted by molar-refractivity contribution is 0.102. The molecule has 0 spiro atoms. The van der Waals surface area contributed by atoms with Crippen molar-refractivity contribution in [2.75, 3.05) is 5.32 Å². The van der Waals surface area contributed by atoms with Crippen molar-refractivity contribution >= 4 is 23.2 Å². The maximum atomic E-state index is 12.2. The van der Waals surface area contributed by atoms with Crippen LogP contribution < -0.4 is 5.32 Å². The van der Waals surface area contributed by atoms with Gasteiger partial charge in [0.1, 0.15) is 0 Å². The Labute approximate surface area is 118 Å². The molecule has 0 bridgehead atoms. The molecule has 0 saturated carbocycles. The zero-order valence-electron chi connectivity index (χ0n) is 11.3. The summed E-state index contributed by atoms with van der Waals surface area (Å²) in [6.07, 6.45) is 0. The van der Waals surface area contributed by atoms with Crippen molar-refractivity contribution in [3.8, 4) is 0 Å². The predicted molar refractivity (Wildman–Crippen MR) is 80.1 cm³/mol. The molecule has 98 valence electrons. The first-order chi connectivity index (χ1) is 8.97. The lowest BCUT2D eigenvalue weighted by Gasteiger charge is -2.12. The van der Waals surface area contributed by atoms with E-state index >= 15 is 0 Å². The lowest BCUT2D eigenvalue weighted by Crippen LogP contribution is -2.13. The number of anilines is 1. The van der Waals surface area contributed by atoms with Gasteiger partial charge in [-0.3, -0.25) is 4.79 Å². The summed E-state index contributed by atoms with van der Waals surface area (Å²) >= 11 is 5.81. The quantitative estimate of drug-likeness (QED) is 0.856. The first-order valence-electron chi connectivity index (χ1n) is 6.12. The van der Waals surface area contributed by atoms with Gasteiger partial charge < -0.3 is 5.32 Å². The van der Waals surface area contributed by atoms with Crippen molar-refractivity contribution < 1.29 is 4.79 Å². The molecular weight excluding hydrogens is 258 g/mol. The maximum Gasteiger partial charge on any atom is 0.255 e. The normalized spacial score (nSPS) is 10.3. The van der Waals surface area contributed by atoms with E-state index in [1.807, 2.05) is 20.8 Å². The van der Waals surface area contributed by atoms with Crippen molar-refractivity contribution in [1.82, 2.24) is 0 Å². The number of hydrogen-bond acceptors (Lipinski definition) is 1. The van der Waals surface area contributed by atoms with Crippen LogP contribution in [0.1, 0.15) is 27.0 Å². The van der Waals surface area contributed by atoms with Crippen molar-refractivity contribution in [3.63, 3.8) is 0 Å². The molecule has 1 amide bonds. The van der Waals surface area contributed by atoms with Crippen LogP contribution in [0, 0.1) is 20.8 Å². The van der Waals surface area contributed by atoms with Gasteiger partial charge in [0.15, 0.2) is 0 Å². The number of carbonyl (C=O) groups excluding carboxylic acids is 1. The van der Waals surface area contributed by atoms with Gasteiger partial charge in [0, 0.05) is 16.3 Å². The monoisotopic (exact) mass is 273 g/mol. The molecule has 0 aliphatic carbocycles. The van der Waals surface area contributed by atoms with Crippen molar-refractivity contribution in [2.24, 2.45) is 0 Å². The van der Waals surface area contributed by atoms with Crippen LogP contribution in [0.5, 0.6) is 0 Å². The highest BCUT2D eigenvalue weighted by molar-refractivity contribution is 6.30. The van der Waals surface area contributed by atoms with E-state index in [1.165, 1.54) is 5.56 Å². The van der Waals surface area contributed by atoms with Gasteiger partial charge >= 0.3 is 0 Å². The fraction of sp³-hybridized carbons (Fsp3) is 0.188. The molecule has 0 atom stereocenters. The summed E-state index contributed by atoms with van der Waals surface area (Å²) in [6, 6.07) is 11.0. The molecule has 2 nitrogen and oxygen atoms in total. The van der Waals surface area contributed by atoms with Gasteiger partial charge in [-0.2, -0.15) is 0 Å². The third-order valence-corrected chi connectivity index (χ3v) is 3.27. The van der Waals surface area contributed by atoms with Crippen LogP contribution in [-0.2, 0) is 0 Å². The van der Waals surface area contributed by atoms with Crippen LogP contribution in [0.4, 0.5) is 5.69 Å². The Morgan fingerprint density at radius 3 is 2.05 bits per heavy atom. The highest BCUT2D eigenvalue weighted by Crippen LogP contribution is 2.22. The van der Waals surface area contributed by atoms with Gasteiger partial charge in [-0.1, -0.05) is 29.3 Å². The Morgan fingerprint density at radius 1 is 1.00 bits per heavy atom. The zero-order chi connectivity index (χ0) is 14.0. The number of rotatable bonds is 2. The maximum absolute atomic E-state index is 12.2. The molecule has 0 aliphatic heterocycles. The smallest absolute Gasteiger partial charge is 0.255 e. The Hall–Kier alpha value is -1.80. The number of aryl methyl sites for hydroxylation is 3. The molecular formula is C16H16ClNO. The number of nitrogens with one attached hydrogen (secondary N) is 1. The lowest BCUT2D eigenvalue weighted by atomic mass is 10.0. The first-order valence-corrected chi connectivity index (χ1v) is 6.50. The topological polar surface area (TPSA) is 29.1 Å². The van der Waals surface area contributed by atoms with Crippen LogP contribution in [0.15, 0.2) is 36.4 Å². The van der Waals surface area contributed by atoms with Gasteiger partial charge in [-0.25, -0.2) is 0 Å². The van der Waals surface area contributed by atoms with Crippen molar-refractivity contribution in [3.05, 3.63) is 63.7 Å². The molecule has 0 aliphatic rings. The number of benzene rings is 2. The molecule has 1 N–H and O–H groups in total. The second-order valence-corrected chi connectivity index (χ2v) is 5.17. The van der Waals surface area contributed by atoms with Gasteiger partial charge in [-0.05, 0) is 56.2 Å². The third-order valence-electron chi connectivity index (χ3n) is 3.02. The standard InChI is InChI=1S/C16H16ClNO/c1-10-8-11(2)15(12(3)9-10)18-16(19)13-4-6-14(17)7-5-13/h4-9H,1-3H3,(H,18,19). The SMILES string of the molecule is Cc1cc(C)c(NC(=O)c2ccc(Cl)cc2)c(C)c1. The predicted octanol–water partition coefficient (Wildman–Crippen LogP) is 4.52. The fourth-order valence-electron chi connectivity index (χ4n) is 2.16. The average Bonchev–Trinajstić information content (AvgIpc) is 2.34. The van der Waals surface area contributed by atoms with Crippen molar-refractivity contribution in [1.29, 1.82) is 0 Å². The van der Waals surface area contributed by atoms with E-state index in [-0.39, 0.29) is 5.91 Å². The summed E-state index contributed by atoms with van der Waals surface area (Å²) in [4.78, 5) is 12.2. The highest BCUT2D eigenvalue weighted by Gasteiger charge is 2.10. The number of halogens is 1. The van der Waals surface area contributed by atoms with E-state index in [4.69, 9.17) is 11.6 Å². The van der Waals surface area contributed by atoms with Crippen LogP contribution in [-0.4, -0.2) is 5.91 Å². The molecule has 0 radical (unpaired) electrons. The van der Waals surface area contributed by atoms with Crippen molar-refractivity contribution in [2.45, 2.75) is 20.8 Å². The summed E-state index contributed by atoms with van der Waals surface area (Å²) in [5, 5.41) is 3.58. The molecule has 0 heterocycles. The van der Waals surface area contributed by atoms with Gasteiger partial charge in [-0.15, -0.1) is 0 Å². The van der Waals surface area contributed by atoms with E-state index in [1.54, 1.807) is 24.3 Å². The van der Waals surface area contributed by atoms with Crippen LogP contribution in [0.25, 0.3) is 0 Å². The Kier molecular flexibility index (Phi) is 3.91. The van der Waals surface area contributed by atoms with Gasteiger partial charge in [0.2, 0.25) is 0 Å². The molecule has 0 fully saturated rings. The first kappa shape index (κ1) is 13.6. The van der Waals surface area contributed by atoms with Gasteiger partial charge in [0.25, 0.3) is 5.91 Å². The van der Waals surface area contributed by atoms with E-state index in [0.717, 1.165) is 16.8 Å². The molecule has 2 rings (SSSR count). The fourth-order valence-corrected chi connectivity index (χ4v) is 2.29. The summed E-state index contributed by atoms with van der Waals surface area (Å²) in [5.74, 6) is -0.119. The molecule has 2 aromatic carbocycles. The molecule has 0 aromatic heterocycles. The Balaban J connectivity index is 2.26. The van der Waals surface area contributed by atoms with Crippen LogP contribution in [0.3, 0.4) is 0 Å². The number of carbonyl (C=O) groups is 1. The molecule has 19 heavy (non-hydrogen) atoms. The van der Waals surface area contributed by atoms with E-state index in [0.29, 0.717) is 10.6 Å². The summed E-state index contributed by atoms with van der Waals surface area (Å²) < 4.78 is 0. The van der Waals surface area contributed by atoms with Gasteiger partial charge in [0.05, 0.1) is 0 Å². The second-order valence-electron chi connectivity index (χ2n) is 4.73. The number of amides is 1. The highest BCUT2D eigenvalue weighted by atomic mass is 35.5. The van der Waals surface area contributed by atoms with E-state index < -0.39 is 0 Å². The summed E-state index contributed by atoms with van der Waals surface area (Å²) in [7, 11) is 0. The zero-order valence-corrected chi connectivity index (χ0v) is 12.0. The summed E-state index contributed by atoms with van der Waals surface area (Å²) in [5.41, 5.74) is 4.81. The van der Waals surface area contributed by atoms with E-state index in [2.05, 4.69) is 17.4 Å². The average molecular weight is 274 g/mol. The number of hydrogen-bond donors (Lipinski definition) is 1. The van der Waals surface area contributed by atoms with Crippen LogP contribution >= 0.6 is 11.6 Å². The minimum atomic E-state index is -0.119. The second kappa shape index (κ2) is 5.45. The Morgan fingerprint density at radius 2 is 1.53 bits per heavy atom. The largest absolute Gasteiger partial charge is 0.322 e. The van der Waals surface area contributed by atoms with Crippen LogP contribution in [0.2, 0.25) is 5.02 Å². The third kappa shape index (κ3) is 3.15. The molecule has 0 saturated heterocycles. The minimum Gasteiger partial charge on any atom is -0.322 e. The summed E-state index contributed by atoms with van der Waals surface area (Å²) in [6.45, 7) is 6.04. The minimum absolute atomic E-state index is 0.119. The molecule has 0 unspecified atom stereocenters. The molecule has 2 aromatic rings. The van der Waals surface area contributed by atoms with E-state index in [9.17, 15) is 4.79 Å².